The van der Waals surface area contributed by atoms with Crippen molar-refractivity contribution in [3.8, 4) is 0 Å². The van der Waals surface area contributed by atoms with E-state index in [2.05, 4.69) is 10.6 Å². The molecule has 2 rings (SSSR count). The Hall–Kier alpha value is -1.33. The highest BCUT2D eigenvalue weighted by atomic mass is 16.3. The Morgan fingerprint density at radius 2 is 2.42 bits per heavy atom. The van der Waals surface area contributed by atoms with E-state index in [1.807, 2.05) is 13.0 Å². The Morgan fingerprint density at radius 3 is 3.05 bits per heavy atom. The van der Waals surface area contributed by atoms with Gasteiger partial charge in [-0.05, 0) is 37.8 Å². The van der Waals surface area contributed by atoms with Crippen LogP contribution in [-0.2, 0) is 11.3 Å². The number of hydrogen-bond acceptors (Lipinski definition) is 4. The number of rotatable bonds is 6. The Labute approximate surface area is 113 Å². The molecule has 3 atom stereocenters. The fraction of sp³-hybridized carbons (Fsp3) is 0.643. The molecule has 19 heavy (non-hydrogen) atoms. The zero-order valence-corrected chi connectivity index (χ0v) is 11.3. The molecule has 1 aliphatic carbocycles. The molecule has 5 heteroatoms. The largest absolute Gasteiger partial charge is 0.467 e. The highest BCUT2D eigenvalue weighted by Crippen LogP contribution is 2.24. The highest BCUT2D eigenvalue weighted by Gasteiger charge is 2.25. The summed E-state index contributed by atoms with van der Waals surface area (Å²) in [6.07, 6.45) is 4.36. The summed E-state index contributed by atoms with van der Waals surface area (Å²) in [7, 11) is 0. The number of nitrogens with one attached hydrogen (secondary N) is 2. The molecule has 5 nitrogen and oxygen atoms in total. The van der Waals surface area contributed by atoms with Crippen molar-refractivity contribution < 1.29 is 14.3 Å². The van der Waals surface area contributed by atoms with E-state index in [9.17, 15) is 9.90 Å². The summed E-state index contributed by atoms with van der Waals surface area (Å²) >= 11 is 0. The first-order chi connectivity index (χ1) is 9.16. The van der Waals surface area contributed by atoms with Crippen LogP contribution in [-0.4, -0.2) is 29.7 Å². The van der Waals surface area contributed by atoms with Crippen molar-refractivity contribution in [1.29, 1.82) is 0 Å². The number of aliphatic hydroxyl groups excluding tert-OH is 1. The summed E-state index contributed by atoms with van der Waals surface area (Å²) in [4.78, 5) is 11.8. The second kappa shape index (κ2) is 6.73. The molecule has 0 aromatic carbocycles. The summed E-state index contributed by atoms with van der Waals surface area (Å²) in [5.74, 6) is 0.968. The minimum Gasteiger partial charge on any atom is -0.467 e. The first kappa shape index (κ1) is 14.1. The van der Waals surface area contributed by atoms with Gasteiger partial charge in [0.1, 0.15) is 5.76 Å². The first-order valence-corrected chi connectivity index (χ1v) is 6.88. The molecule has 0 bridgehead atoms. The fourth-order valence-electron chi connectivity index (χ4n) is 2.42. The van der Waals surface area contributed by atoms with Gasteiger partial charge in [-0.2, -0.15) is 0 Å². The SMILES string of the molecule is CC(NCC1CCCC1O)C(=O)NCc1ccco1. The lowest BCUT2D eigenvalue weighted by Crippen LogP contribution is -2.44. The van der Waals surface area contributed by atoms with Gasteiger partial charge in [-0.25, -0.2) is 0 Å². The Morgan fingerprint density at radius 1 is 1.58 bits per heavy atom. The van der Waals surface area contributed by atoms with Gasteiger partial charge in [0, 0.05) is 6.54 Å². The summed E-state index contributed by atoms with van der Waals surface area (Å²) in [6.45, 7) is 2.93. The third-order valence-corrected chi connectivity index (χ3v) is 3.72. The molecule has 106 valence electrons. The van der Waals surface area contributed by atoms with Gasteiger partial charge in [-0.3, -0.25) is 4.79 Å². The third kappa shape index (κ3) is 4.08. The summed E-state index contributed by atoms with van der Waals surface area (Å²) in [5, 5.41) is 15.7. The van der Waals surface area contributed by atoms with Crippen molar-refractivity contribution >= 4 is 5.91 Å². The lowest BCUT2D eigenvalue weighted by atomic mass is 10.1. The molecule has 3 N–H and O–H groups in total. The predicted octanol–water partition coefficient (Wildman–Crippen LogP) is 1.03. The average Bonchev–Trinajstić information content (AvgIpc) is 3.04. The second-order valence-corrected chi connectivity index (χ2v) is 5.19. The quantitative estimate of drug-likeness (QED) is 0.719. The lowest BCUT2D eigenvalue weighted by Gasteiger charge is -2.19. The second-order valence-electron chi connectivity index (χ2n) is 5.19. The van der Waals surface area contributed by atoms with E-state index in [1.54, 1.807) is 12.3 Å². The Kier molecular flexibility index (Phi) is 4.99. The summed E-state index contributed by atoms with van der Waals surface area (Å²) in [6, 6.07) is 3.36. The zero-order valence-electron chi connectivity index (χ0n) is 11.3. The van der Waals surface area contributed by atoms with Crippen molar-refractivity contribution in [3.05, 3.63) is 24.2 Å². The molecule has 0 spiro atoms. The fourth-order valence-corrected chi connectivity index (χ4v) is 2.42. The van der Waals surface area contributed by atoms with Crippen LogP contribution >= 0.6 is 0 Å². The Balaban J connectivity index is 1.67. The Bertz CT molecular complexity index is 391. The van der Waals surface area contributed by atoms with E-state index < -0.39 is 0 Å². The van der Waals surface area contributed by atoms with Crippen LogP contribution in [0.15, 0.2) is 22.8 Å². The van der Waals surface area contributed by atoms with Crippen molar-refractivity contribution in [2.24, 2.45) is 5.92 Å². The molecule has 1 fully saturated rings. The standard InChI is InChI=1S/C14H22N2O3/c1-10(15-8-11-4-2-6-13(11)17)14(18)16-9-12-5-3-7-19-12/h3,5,7,10-11,13,15,17H,2,4,6,8-9H2,1H3,(H,16,18). The maximum Gasteiger partial charge on any atom is 0.237 e. The number of carbonyl (C=O) groups excluding carboxylic acids is 1. The van der Waals surface area contributed by atoms with Crippen molar-refractivity contribution in [2.75, 3.05) is 6.54 Å². The van der Waals surface area contributed by atoms with E-state index in [0.29, 0.717) is 13.1 Å². The zero-order chi connectivity index (χ0) is 13.7. The maximum absolute atomic E-state index is 11.8. The van der Waals surface area contributed by atoms with E-state index in [-0.39, 0.29) is 24.0 Å². The molecule has 1 saturated carbocycles. The molecule has 0 aliphatic heterocycles. The van der Waals surface area contributed by atoms with Crippen LogP contribution in [0.1, 0.15) is 31.9 Å². The van der Waals surface area contributed by atoms with Gasteiger partial charge in [-0.1, -0.05) is 6.42 Å². The molecular formula is C14H22N2O3. The van der Waals surface area contributed by atoms with Crippen LogP contribution in [0.2, 0.25) is 0 Å². The molecule has 1 amide bonds. The summed E-state index contributed by atoms with van der Waals surface area (Å²) in [5.41, 5.74) is 0. The van der Waals surface area contributed by atoms with Crippen molar-refractivity contribution in [3.63, 3.8) is 0 Å². The molecule has 1 aromatic heterocycles. The maximum atomic E-state index is 11.8. The van der Waals surface area contributed by atoms with Crippen LogP contribution in [0.4, 0.5) is 0 Å². The highest BCUT2D eigenvalue weighted by molar-refractivity contribution is 5.81. The van der Waals surface area contributed by atoms with Gasteiger partial charge < -0.3 is 20.2 Å². The minimum absolute atomic E-state index is 0.0520. The molecule has 1 aliphatic rings. The minimum atomic E-state index is -0.261. The van der Waals surface area contributed by atoms with E-state index in [0.717, 1.165) is 25.0 Å². The van der Waals surface area contributed by atoms with Gasteiger partial charge in [0.25, 0.3) is 0 Å². The van der Waals surface area contributed by atoms with Gasteiger partial charge in [0.05, 0.1) is 25.0 Å². The van der Waals surface area contributed by atoms with E-state index in [4.69, 9.17) is 4.42 Å². The van der Waals surface area contributed by atoms with Crippen LogP contribution in [0.25, 0.3) is 0 Å². The van der Waals surface area contributed by atoms with Gasteiger partial charge >= 0.3 is 0 Å². The average molecular weight is 266 g/mol. The third-order valence-electron chi connectivity index (χ3n) is 3.72. The normalized spacial score (nSPS) is 24.3. The van der Waals surface area contributed by atoms with Gasteiger partial charge in [0.15, 0.2) is 0 Å². The molecule has 1 aromatic rings. The predicted molar refractivity (Wildman–Crippen MR) is 71.4 cm³/mol. The number of aliphatic hydroxyl groups is 1. The van der Waals surface area contributed by atoms with Gasteiger partial charge in [0.2, 0.25) is 5.91 Å². The topological polar surface area (TPSA) is 74.5 Å². The number of hydrogen-bond donors (Lipinski definition) is 3. The van der Waals surface area contributed by atoms with Crippen molar-refractivity contribution in [2.45, 2.75) is 44.9 Å². The molecule has 0 saturated heterocycles. The molecular weight excluding hydrogens is 244 g/mol. The monoisotopic (exact) mass is 266 g/mol. The first-order valence-electron chi connectivity index (χ1n) is 6.88. The van der Waals surface area contributed by atoms with Crippen molar-refractivity contribution in [1.82, 2.24) is 10.6 Å². The summed E-state index contributed by atoms with van der Waals surface area (Å²) < 4.78 is 5.15. The smallest absolute Gasteiger partial charge is 0.237 e. The molecule has 1 heterocycles. The molecule has 3 unspecified atom stereocenters. The van der Waals surface area contributed by atoms with Crippen LogP contribution in [0.3, 0.4) is 0 Å². The lowest BCUT2D eigenvalue weighted by molar-refractivity contribution is -0.123. The molecule has 0 radical (unpaired) electrons. The van der Waals surface area contributed by atoms with Crippen LogP contribution in [0, 0.1) is 5.92 Å². The van der Waals surface area contributed by atoms with Gasteiger partial charge in [-0.15, -0.1) is 0 Å². The number of amides is 1. The van der Waals surface area contributed by atoms with E-state index >= 15 is 0 Å². The van der Waals surface area contributed by atoms with E-state index in [1.165, 1.54) is 0 Å². The van der Waals surface area contributed by atoms with Crippen LogP contribution in [0.5, 0.6) is 0 Å². The number of furan rings is 1. The van der Waals surface area contributed by atoms with Crippen LogP contribution < -0.4 is 10.6 Å². The number of carbonyl (C=O) groups is 1.